The van der Waals surface area contributed by atoms with Crippen LogP contribution in [0.5, 0.6) is 0 Å². The van der Waals surface area contributed by atoms with Gasteiger partial charge in [0.15, 0.2) is 0 Å². The van der Waals surface area contributed by atoms with Crippen LogP contribution in [0.3, 0.4) is 0 Å². The maximum atomic E-state index is 4.84. The Balaban J connectivity index is 1.14. The fourth-order valence-corrected chi connectivity index (χ4v) is 6.48. The van der Waals surface area contributed by atoms with Gasteiger partial charge in [0.05, 0.1) is 10.2 Å². The SMILES string of the molecule is CC1(C)c2ccccc2-c2ccc(Nc3ccc(-c4cccc(-c5nc6ccccc6s5)c4)cc3)cc21. The Hall–Kier alpha value is -4.21. The normalized spacial score (nSPS) is 13.4. The molecular weight excluding hydrogens is 468 g/mol. The van der Waals surface area contributed by atoms with Crippen molar-refractivity contribution < 1.29 is 0 Å². The molecule has 0 unspecified atom stereocenters. The third-order valence-electron chi connectivity index (χ3n) is 7.49. The maximum absolute atomic E-state index is 4.84. The number of anilines is 2. The molecule has 2 nitrogen and oxygen atoms in total. The molecule has 37 heavy (non-hydrogen) atoms. The number of rotatable bonds is 4. The van der Waals surface area contributed by atoms with Crippen LogP contribution in [0.15, 0.2) is 115 Å². The van der Waals surface area contributed by atoms with E-state index in [0.717, 1.165) is 27.5 Å². The highest BCUT2D eigenvalue weighted by atomic mass is 32.1. The summed E-state index contributed by atoms with van der Waals surface area (Å²) < 4.78 is 1.22. The van der Waals surface area contributed by atoms with Gasteiger partial charge in [0.25, 0.3) is 0 Å². The van der Waals surface area contributed by atoms with E-state index in [1.165, 1.54) is 38.1 Å². The topological polar surface area (TPSA) is 24.9 Å². The fraction of sp³-hybridized carbons (Fsp3) is 0.0882. The minimum absolute atomic E-state index is 0.00175. The molecule has 0 radical (unpaired) electrons. The summed E-state index contributed by atoms with van der Waals surface area (Å²) >= 11 is 1.74. The molecule has 1 aromatic heterocycles. The molecule has 0 aliphatic heterocycles. The molecule has 1 N–H and O–H groups in total. The van der Waals surface area contributed by atoms with Gasteiger partial charge in [0.1, 0.15) is 5.01 Å². The zero-order chi connectivity index (χ0) is 25.0. The average molecular weight is 495 g/mol. The van der Waals surface area contributed by atoms with Gasteiger partial charge in [-0.3, -0.25) is 0 Å². The summed E-state index contributed by atoms with van der Waals surface area (Å²) in [6.07, 6.45) is 0. The third kappa shape index (κ3) is 3.75. The van der Waals surface area contributed by atoms with E-state index in [2.05, 4.69) is 128 Å². The first-order chi connectivity index (χ1) is 18.1. The van der Waals surface area contributed by atoms with E-state index < -0.39 is 0 Å². The van der Waals surface area contributed by atoms with Gasteiger partial charge in [0, 0.05) is 22.4 Å². The van der Waals surface area contributed by atoms with Crippen LogP contribution in [-0.4, -0.2) is 4.98 Å². The van der Waals surface area contributed by atoms with E-state index in [9.17, 15) is 0 Å². The number of nitrogens with one attached hydrogen (secondary N) is 1. The first kappa shape index (κ1) is 22.0. The Bertz CT molecular complexity index is 1740. The number of hydrogen-bond donors (Lipinski definition) is 1. The molecule has 0 saturated heterocycles. The lowest BCUT2D eigenvalue weighted by atomic mass is 9.82. The maximum Gasteiger partial charge on any atom is 0.124 e. The van der Waals surface area contributed by atoms with Gasteiger partial charge in [-0.15, -0.1) is 11.3 Å². The quantitative estimate of drug-likeness (QED) is 0.264. The lowest BCUT2D eigenvalue weighted by Gasteiger charge is -2.22. The zero-order valence-electron chi connectivity index (χ0n) is 20.8. The van der Waals surface area contributed by atoms with Crippen LogP contribution >= 0.6 is 11.3 Å². The minimum Gasteiger partial charge on any atom is -0.356 e. The summed E-state index contributed by atoms with van der Waals surface area (Å²) in [4.78, 5) is 4.84. The minimum atomic E-state index is 0.00175. The van der Waals surface area contributed by atoms with Gasteiger partial charge in [-0.05, 0) is 75.8 Å². The van der Waals surface area contributed by atoms with Crippen molar-refractivity contribution in [3.63, 3.8) is 0 Å². The van der Waals surface area contributed by atoms with Gasteiger partial charge in [-0.2, -0.15) is 0 Å². The van der Waals surface area contributed by atoms with E-state index in [-0.39, 0.29) is 5.41 Å². The standard InChI is InChI=1S/C34H26N2S/c1-34(2)29-11-4-3-10-27(29)28-19-18-26(21-30(28)34)35-25-16-14-22(15-17-25)23-8-7-9-24(20-23)33-36-31-12-5-6-13-32(31)37-33/h3-21,35H,1-2H3. The van der Waals surface area contributed by atoms with Crippen molar-refractivity contribution in [1.82, 2.24) is 4.98 Å². The second kappa shape index (κ2) is 8.43. The van der Waals surface area contributed by atoms with Gasteiger partial charge >= 0.3 is 0 Å². The molecule has 1 aliphatic rings. The molecule has 178 valence electrons. The lowest BCUT2D eigenvalue weighted by Crippen LogP contribution is -2.15. The van der Waals surface area contributed by atoms with Gasteiger partial charge in [-0.25, -0.2) is 4.98 Å². The van der Waals surface area contributed by atoms with Crippen molar-refractivity contribution >= 4 is 32.9 Å². The smallest absolute Gasteiger partial charge is 0.124 e. The molecule has 5 aromatic carbocycles. The first-order valence-electron chi connectivity index (χ1n) is 12.6. The first-order valence-corrected chi connectivity index (χ1v) is 13.5. The van der Waals surface area contributed by atoms with Crippen LogP contribution in [0, 0.1) is 0 Å². The molecule has 7 rings (SSSR count). The monoisotopic (exact) mass is 494 g/mol. The van der Waals surface area contributed by atoms with Crippen LogP contribution in [0.2, 0.25) is 0 Å². The fourth-order valence-electron chi connectivity index (χ4n) is 5.52. The highest BCUT2D eigenvalue weighted by Crippen LogP contribution is 2.49. The number of hydrogen-bond acceptors (Lipinski definition) is 3. The van der Waals surface area contributed by atoms with Crippen LogP contribution in [-0.2, 0) is 5.41 Å². The molecule has 0 atom stereocenters. The lowest BCUT2D eigenvalue weighted by molar-refractivity contribution is 0.660. The molecule has 0 spiro atoms. The molecule has 1 aliphatic carbocycles. The molecule has 0 amide bonds. The number of para-hydroxylation sites is 1. The number of fused-ring (bicyclic) bond motifs is 4. The van der Waals surface area contributed by atoms with Crippen molar-refractivity contribution in [3.8, 4) is 32.8 Å². The Kier molecular flexibility index (Phi) is 5.02. The molecule has 0 saturated carbocycles. The summed E-state index contributed by atoms with van der Waals surface area (Å²) in [6, 6.07) is 41.2. The van der Waals surface area contributed by atoms with Crippen molar-refractivity contribution in [2.24, 2.45) is 0 Å². The van der Waals surface area contributed by atoms with Gasteiger partial charge < -0.3 is 5.32 Å². The molecule has 6 aromatic rings. The second-order valence-corrected chi connectivity index (χ2v) is 11.2. The third-order valence-corrected chi connectivity index (χ3v) is 8.58. The largest absolute Gasteiger partial charge is 0.356 e. The van der Waals surface area contributed by atoms with E-state index in [1.807, 2.05) is 6.07 Å². The number of benzene rings is 5. The van der Waals surface area contributed by atoms with E-state index in [0.29, 0.717) is 0 Å². The zero-order valence-corrected chi connectivity index (χ0v) is 21.6. The Morgan fingerprint density at radius 2 is 1.32 bits per heavy atom. The summed E-state index contributed by atoms with van der Waals surface area (Å²) in [5.74, 6) is 0. The average Bonchev–Trinajstić information content (AvgIpc) is 3.47. The Morgan fingerprint density at radius 3 is 2.19 bits per heavy atom. The Labute approximate surface area is 221 Å². The van der Waals surface area contributed by atoms with E-state index >= 15 is 0 Å². The highest BCUT2D eigenvalue weighted by molar-refractivity contribution is 7.21. The second-order valence-electron chi connectivity index (χ2n) is 10.2. The highest BCUT2D eigenvalue weighted by Gasteiger charge is 2.35. The van der Waals surface area contributed by atoms with Crippen molar-refractivity contribution in [2.75, 3.05) is 5.32 Å². The molecular formula is C34H26N2S. The molecule has 0 fully saturated rings. The van der Waals surface area contributed by atoms with Crippen LogP contribution in [0.25, 0.3) is 43.0 Å². The predicted octanol–water partition coefficient (Wildman–Crippen LogP) is 9.68. The Morgan fingerprint density at radius 1 is 0.595 bits per heavy atom. The summed E-state index contributed by atoms with van der Waals surface area (Å²) in [6.45, 7) is 4.64. The summed E-state index contributed by atoms with van der Waals surface area (Å²) in [5.41, 5.74) is 12.3. The van der Waals surface area contributed by atoms with Gasteiger partial charge in [0.2, 0.25) is 0 Å². The molecule has 0 bridgehead atoms. The van der Waals surface area contributed by atoms with Gasteiger partial charge in [-0.1, -0.05) is 86.6 Å². The van der Waals surface area contributed by atoms with E-state index in [4.69, 9.17) is 4.98 Å². The van der Waals surface area contributed by atoms with E-state index in [1.54, 1.807) is 11.3 Å². The number of nitrogens with zero attached hydrogens (tertiary/aromatic N) is 1. The van der Waals surface area contributed by atoms with Crippen molar-refractivity contribution in [2.45, 2.75) is 19.3 Å². The summed E-state index contributed by atoms with van der Waals surface area (Å²) in [7, 11) is 0. The number of aromatic nitrogens is 1. The van der Waals surface area contributed by atoms with Crippen LogP contribution in [0.4, 0.5) is 11.4 Å². The molecule has 1 heterocycles. The predicted molar refractivity (Wildman–Crippen MR) is 158 cm³/mol. The van der Waals surface area contributed by atoms with Crippen molar-refractivity contribution in [1.29, 1.82) is 0 Å². The van der Waals surface area contributed by atoms with Crippen LogP contribution in [0.1, 0.15) is 25.0 Å². The number of thiazole rings is 1. The van der Waals surface area contributed by atoms with Crippen molar-refractivity contribution in [3.05, 3.63) is 126 Å². The van der Waals surface area contributed by atoms with Crippen LogP contribution < -0.4 is 5.32 Å². The molecule has 3 heteroatoms. The summed E-state index contributed by atoms with van der Waals surface area (Å²) in [5, 5.41) is 4.68.